The van der Waals surface area contributed by atoms with Crippen molar-refractivity contribution in [2.75, 3.05) is 32.8 Å². The van der Waals surface area contributed by atoms with Crippen LogP contribution in [0.3, 0.4) is 0 Å². The number of nitrogens with zero attached hydrogens (tertiary/aromatic N) is 1. The molecule has 2 fully saturated rings. The summed E-state index contributed by atoms with van der Waals surface area (Å²) in [5.41, 5.74) is -0.540. The van der Waals surface area contributed by atoms with Gasteiger partial charge in [0.2, 0.25) is 0 Å². The minimum atomic E-state index is -0.540. The molecule has 2 aliphatic heterocycles. The van der Waals surface area contributed by atoms with Crippen molar-refractivity contribution in [3.8, 4) is 0 Å². The lowest BCUT2D eigenvalue weighted by atomic mass is 10.2. The molecule has 1 atom stereocenters. The normalized spacial score (nSPS) is 23.9. The number of rotatable bonds is 2. The SMILES string of the molecule is CC(C)(C)OC(=O)N1CCNC(C(=O)OC2COC2)C1. The van der Waals surface area contributed by atoms with Gasteiger partial charge in [0.25, 0.3) is 0 Å². The summed E-state index contributed by atoms with van der Waals surface area (Å²) in [5, 5.41) is 3.06. The van der Waals surface area contributed by atoms with E-state index in [9.17, 15) is 9.59 Å². The summed E-state index contributed by atoms with van der Waals surface area (Å²) in [6.45, 7) is 7.68. The van der Waals surface area contributed by atoms with Crippen LogP contribution in [0.5, 0.6) is 0 Å². The van der Waals surface area contributed by atoms with Crippen molar-refractivity contribution < 1.29 is 23.8 Å². The van der Waals surface area contributed by atoms with Gasteiger partial charge < -0.3 is 24.4 Å². The zero-order valence-corrected chi connectivity index (χ0v) is 12.2. The van der Waals surface area contributed by atoms with Crippen LogP contribution in [0.15, 0.2) is 0 Å². The number of carbonyl (C=O) groups is 2. The minimum Gasteiger partial charge on any atom is -0.456 e. The number of amides is 1. The van der Waals surface area contributed by atoms with Gasteiger partial charge in [-0.15, -0.1) is 0 Å². The predicted molar refractivity (Wildman–Crippen MR) is 70.3 cm³/mol. The average molecular weight is 286 g/mol. The summed E-state index contributed by atoms with van der Waals surface area (Å²) in [6.07, 6.45) is -0.551. The number of carbonyl (C=O) groups excluding carboxylic acids is 2. The van der Waals surface area contributed by atoms with E-state index in [1.54, 1.807) is 0 Å². The van der Waals surface area contributed by atoms with Crippen molar-refractivity contribution in [3.05, 3.63) is 0 Å². The Hall–Kier alpha value is -1.34. The zero-order chi connectivity index (χ0) is 14.8. The highest BCUT2D eigenvalue weighted by Gasteiger charge is 2.33. The van der Waals surface area contributed by atoms with Crippen LogP contribution >= 0.6 is 0 Å². The van der Waals surface area contributed by atoms with Crippen molar-refractivity contribution in [1.82, 2.24) is 10.2 Å². The van der Waals surface area contributed by atoms with Crippen molar-refractivity contribution in [2.24, 2.45) is 0 Å². The predicted octanol–water partition coefficient (Wildman–Crippen LogP) is 0.137. The van der Waals surface area contributed by atoms with Crippen LogP contribution in [0, 0.1) is 0 Å². The lowest BCUT2D eigenvalue weighted by molar-refractivity contribution is -0.175. The zero-order valence-electron chi connectivity index (χ0n) is 12.2. The van der Waals surface area contributed by atoms with Crippen molar-refractivity contribution in [3.63, 3.8) is 0 Å². The first kappa shape index (κ1) is 15.1. The van der Waals surface area contributed by atoms with E-state index in [2.05, 4.69) is 5.32 Å². The second kappa shape index (κ2) is 5.97. The number of piperazine rings is 1. The molecule has 7 nitrogen and oxygen atoms in total. The molecular formula is C13H22N2O5. The molecule has 2 aliphatic rings. The van der Waals surface area contributed by atoms with Gasteiger partial charge in [-0.25, -0.2) is 4.79 Å². The summed E-state index contributed by atoms with van der Waals surface area (Å²) in [7, 11) is 0. The molecule has 0 saturated carbocycles. The number of nitrogens with one attached hydrogen (secondary N) is 1. The molecule has 0 bridgehead atoms. The molecule has 2 heterocycles. The molecular weight excluding hydrogens is 264 g/mol. The number of hydrogen-bond acceptors (Lipinski definition) is 6. The molecule has 0 aromatic rings. The maximum Gasteiger partial charge on any atom is 0.410 e. The largest absolute Gasteiger partial charge is 0.456 e. The van der Waals surface area contributed by atoms with E-state index < -0.39 is 17.7 Å². The highest BCUT2D eigenvalue weighted by molar-refractivity contribution is 5.78. The number of hydrogen-bond donors (Lipinski definition) is 1. The van der Waals surface area contributed by atoms with E-state index in [4.69, 9.17) is 14.2 Å². The molecule has 1 amide bonds. The van der Waals surface area contributed by atoms with Crippen LogP contribution in [0.4, 0.5) is 4.79 Å². The third kappa shape index (κ3) is 4.08. The topological polar surface area (TPSA) is 77.1 Å². The Morgan fingerprint density at radius 2 is 2.00 bits per heavy atom. The Bertz CT molecular complexity index is 375. The Kier molecular flexibility index (Phi) is 4.49. The van der Waals surface area contributed by atoms with Crippen molar-refractivity contribution in [1.29, 1.82) is 0 Å². The first-order chi connectivity index (χ1) is 9.35. The summed E-state index contributed by atoms with van der Waals surface area (Å²) in [5.74, 6) is -0.341. The van der Waals surface area contributed by atoms with Crippen LogP contribution in [0.2, 0.25) is 0 Å². The van der Waals surface area contributed by atoms with E-state index in [1.165, 1.54) is 4.90 Å². The van der Waals surface area contributed by atoms with E-state index in [1.807, 2.05) is 20.8 Å². The quantitative estimate of drug-likeness (QED) is 0.728. The third-order valence-corrected chi connectivity index (χ3v) is 3.00. The lowest BCUT2D eigenvalue weighted by Gasteiger charge is -2.35. The van der Waals surface area contributed by atoms with Gasteiger partial charge in [0.15, 0.2) is 0 Å². The van der Waals surface area contributed by atoms with E-state index in [0.717, 1.165) is 0 Å². The highest BCUT2D eigenvalue weighted by Crippen LogP contribution is 2.13. The Morgan fingerprint density at radius 3 is 2.55 bits per heavy atom. The standard InChI is InChI=1S/C13H22N2O5/c1-13(2,3)20-12(17)15-5-4-14-10(6-15)11(16)19-9-7-18-8-9/h9-10,14H,4-8H2,1-3H3. The first-order valence-electron chi connectivity index (χ1n) is 6.85. The maximum absolute atomic E-state index is 12.0. The van der Waals surface area contributed by atoms with Crippen LogP contribution in [0.1, 0.15) is 20.8 Å². The second-order valence-electron chi connectivity index (χ2n) is 6.03. The van der Waals surface area contributed by atoms with Gasteiger partial charge in [0.1, 0.15) is 17.7 Å². The number of ether oxygens (including phenoxy) is 3. The van der Waals surface area contributed by atoms with Crippen LogP contribution in [-0.2, 0) is 19.0 Å². The van der Waals surface area contributed by atoms with Gasteiger partial charge in [0, 0.05) is 13.1 Å². The maximum atomic E-state index is 12.0. The molecule has 7 heteroatoms. The number of esters is 1. The van der Waals surface area contributed by atoms with Gasteiger partial charge in [-0.2, -0.15) is 0 Å². The summed E-state index contributed by atoms with van der Waals surface area (Å²) < 4.78 is 15.5. The summed E-state index contributed by atoms with van der Waals surface area (Å²) >= 11 is 0. The Labute approximate surface area is 118 Å². The Balaban J connectivity index is 1.84. The molecule has 0 spiro atoms. The molecule has 20 heavy (non-hydrogen) atoms. The Morgan fingerprint density at radius 1 is 1.30 bits per heavy atom. The summed E-state index contributed by atoms with van der Waals surface area (Å²) in [4.78, 5) is 25.4. The van der Waals surface area contributed by atoms with Gasteiger partial charge >= 0.3 is 12.1 Å². The molecule has 114 valence electrons. The van der Waals surface area contributed by atoms with Gasteiger partial charge in [-0.1, -0.05) is 0 Å². The summed E-state index contributed by atoms with van der Waals surface area (Å²) in [6, 6.07) is -0.503. The second-order valence-corrected chi connectivity index (χ2v) is 6.03. The minimum absolute atomic E-state index is 0.152. The van der Waals surface area contributed by atoms with Gasteiger partial charge in [-0.3, -0.25) is 4.79 Å². The molecule has 0 aromatic heterocycles. The van der Waals surface area contributed by atoms with E-state index in [-0.39, 0.29) is 18.6 Å². The van der Waals surface area contributed by atoms with Crippen LogP contribution < -0.4 is 5.32 Å². The molecule has 1 N–H and O–H groups in total. The fourth-order valence-corrected chi connectivity index (χ4v) is 1.93. The van der Waals surface area contributed by atoms with E-state index in [0.29, 0.717) is 26.3 Å². The van der Waals surface area contributed by atoms with Crippen molar-refractivity contribution >= 4 is 12.1 Å². The van der Waals surface area contributed by atoms with Crippen molar-refractivity contribution in [2.45, 2.75) is 38.5 Å². The molecule has 2 saturated heterocycles. The molecule has 2 rings (SSSR count). The first-order valence-corrected chi connectivity index (χ1v) is 6.85. The molecule has 0 aromatic carbocycles. The third-order valence-electron chi connectivity index (χ3n) is 3.00. The monoisotopic (exact) mass is 286 g/mol. The van der Waals surface area contributed by atoms with Gasteiger partial charge in [-0.05, 0) is 20.8 Å². The van der Waals surface area contributed by atoms with Crippen LogP contribution in [0.25, 0.3) is 0 Å². The van der Waals surface area contributed by atoms with Gasteiger partial charge in [0.05, 0.1) is 19.8 Å². The fraction of sp³-hybridized carbons (Fsp3) is 0.846. The fourth-order valence-electron chi connectivity index (χ4n) is 1.93. The smallest absolute Gasteiger partial charge is 0.410 e. The van der Waals surface area contributed by atoms with Crippen LogP contribution in [-0.4, -0.2) is 67.6 Å². The molecule has 0 aliphatic carbocycles. The average Bonchev–Trinajstić information content (AvgIpc) is 2.31. The molecule has 1 unspecified atom stereocenters. The lowest BCUT2D eigenvalue weighted by Crippen LogP contribution is -2.57. The highest BCUT2D eigenvalue weighted by atomic mass is 16.6. The van der Waals surface area contributed by atoms with E-state index >= 15 is 0 Å². The molecule has 0 radical (unpaired) electrons.